The first kappa shape index (κ1) is 16.8. The zero-order chi connectivity index (χ0) is 17.0. The van der Waals surface area contributed by atoms with Gasteiger partial charge in [0.15, 0.2) is 0 Å². The minimum absolute atomic E-state index is 0.217. The van der Waals surface area contributed by atoms with Gasteiger partial charge in [-0.3, -0.25) is 10.1 Å². The molecule has 0 aliphatic heterocycles. The van der Waals surface area contributed by atoms with Crippen LogP contribution in [0.1, 0.15) is 11.1 Å². The van der Waals surface area contributed by atoms with Gasteiger partial charge in [0, 0.05) is 18.7 Å². The predicted molar refractivity (Wildman–Crippen MR) is 84.2 cm³/mol. The maximum Gasteiger partial charge on any atom is 0.295 e. The third-order valence-electron chi connectivity index (χ3n) is 3.24. The van der Waals surface area contributed by atoms with Gasteiger partial charge in [-0.1, -0.05) is 6.07 Å². The highest BCUT2D eigenvalue weighted by atomic mass is 19.1. The molecule has 0 heterocycles. The molecule has 0 saturated heterocycles. The number of nitrogens with one attached hydrogen (secondary N) is 1. The van der Waals surface area contributed by atoms with Crippen LogP contribution in [0.15, 0.2) is 36.4 Å². The summed E-state index contributed by atoms with van der Waals surface area (Å²) in [4.78, 5) is 12.2. The van der Waals surface area contributed by atoms with Crippen LogP contribution in [-0.2, 0) is 13.1 Å². The molecule has 0 aliphatic rings. The Bertz CT molecular complexity index is 720. The van der Waals surface area contributed by atoms with E-state index in [-0.39, 0.29) is 23.7 Å². The highest BCUT2D eigenvalue weighted by Gasteiger charge is 2.14. The van der Waals surface area contributed by atoms with Crippen molar-refractivity contribution in [1.82, 2.24) is 4.90 Å². The fourth-order valence-electron chi connectivity index (χ4n) is 2.20. The fourth-order valence-corrected chi connectivity index (χ4v) is 2.20. The van der Waals surface area contributed by atoms with Gasteiger partial charge in [-0.05, 0) is 43.9 Å². The van der Waals surface area contributed by atoms with Crippen molar-refractivity contribution < 1.29 is 13.7 Å². The quantitative estimate of drug-likeness (QED) is 0.653. The highest BCUT2D eigenvalue weighted by molar-refractivity contribution is 5.61. The molecule has 0 radical (unpaired) electrons. The Morgan fingerprint density at radius 3 is 2.57 bits per heavy atom. The second-order valence-electron chi connectivity index (χ2n) is 5.44. The van der Waals surface area contributed by atoms with Crippen molar-refractivity contribution in [2.45, 2.75) is 13.1 Å². The van der Waals surface area contributed by atoms with Crippen LogP contribution in [0.25, 0.3) is 0 Å². The fraction of sp³-hybridized carbons (Fsp3) is 0.250. The second-order valence-corrected chi connectivity index (χ2v) is 5.44. The Balaban J connectivity index is 2.17. The zero-order valence-electron chi connectivity index (χ0n) is 12.8. The molecule has 0 unspecified atom stereocenters. The van der Waals surface area contributed by atoms with E-state index in [4.69, 9.17) is 0 Å². The van der Waals surface area contributed by atoms with E-state index in [1.165, 1.54) is 12.1 Å². The van der Waals surface area contributed by atoms with Crippen molar-refractivity contribution in [3.8, 4) is 0 Å². The number of rotatable bonds is 6. The summed E-state index contributed by atoms with van der Waals surface area (Å²) in [5, 5.41) is 13.8. The normalized spacial score (nSPS) is 10.8. The Labute approximate surface area is 132 Å². The van der Waals surface area contributed by atoms with Crippen LogP contribution in [0.2, 0.25) is 0 Å². The molecule has 0 atom stereocenters. The molecule has 0 bridgehead atoms. The maximum absolute atomic E-state index is 13.7. The van der Waals surface area contributed by atoms with Gasteiger partial charge in [0.1, 0.15) is 17.3 Å². The van der Waals surface area contributed by atoms with Crippen molar-refractivity contribution in [2.24, 2.45) is 0 Å². The number of benzene rings is 2. The summed E-state index contributed by atoms with van der Waals surface area (Å²) in [6, 6.07) is 8.02. The average molecular weight is 321 g/mol. The van der Waals surface area contributed by atoms with Crippen LogP contribution in [-0.4, -0.2) is 23.9 Å². The minimum Gasteiger partial charge on any atom is -0.375 e. The summed E-state index contributed by atoms with van der Waals surface area (Å²) >= 11 is 0. The van der Waals surface area contributed by atoms with Crippen molar-refractivity contribution in [1.29, 1.82) is 0 Å². The van der Waals surface area contributed by atoms with Crippen LogP contribution in [0, 0.1) is 21.7 Å². The largest absolute Gasteiger partial charge is 0.375 e. The van der Waals surface area contributed by atoms with Gasteiger partial charge in [-0.2, -0.15) is 0 Å². The molecule has 0 saturated carbocycles. The third kappa shape index (κ3) is 4.46. The number of anilines is 1. The smallest absolute Gasteiger partial charge is 0.295 e. The second kappa shape index (κ2) is 7.15. The van der Waals surface area contributed by atoms with Crippen LogP contribution >= 0.6 is 0 Å². The Kier molecular flexibility index (Phi) is 5.23. The summed E-state index contributed by atoms with van der Waals surface area (Å²) < 4.78 is 26.8. The van der Waals surface area contributed by atoms with Crippen LogP contribution < -0.4 is 5.32 Å². The van der Waals surface area contributed by atoms with Crippen LogP contribution in [0.4, 0.5) is 20.2 Å². The maximum atomic E-state index is 13.7. The van der Waals surface area contributed by atoms with Gasteiger partial charge in [-0.25, -0.2) is 8.78 Å². The first-order valence-electron chi connectivity index (χ1n) is 6.96. The number of nitro benzene ring substituents is 1. The lowest BCUT2D eigenvalue weighted by atomic mass is 10.1. The number of nitro groups is 1. The Morgan fingerprint density at radius 1 is 1.17 bits per heavy atom. The van der Waals surface area contributed by atoms with Crippen LogP contribution in [0.3, 0.4) is 0 Å². The van der Waals surface area contributed by atoms with Gasteiger partial charge < -0.3 is 10.2 Å². The predicted octanol–water partition coefficient (Wildman–Crippen LogP) is 3.55. The first-order valence-corrected chi connectivity index (χ1v) is 6.96. The summed E-state index contributed by atoms with van der Waals surface area (Å²) in [7, 11) is 3.68. The molecule has 0 amide bonds. The molecule has 0 spiro atoms. The highest BCUT2D eigenvalue weighted by Crippen LogP contribution is 2.25. The lowest BCUT2D eigenvalue weighted by molar-refractivity contribution is -0.384. The van der Waals surface area contributed by atoms with E-state index in [2.05, 4.69) is 5.32 Å². The van der Waals surface area contributed by atoms with Crippen molar-refractivity contribution in [3.63, 3.8) is 0 Å². The van der Waals surface area contributed by atoms with Crippen LogP contribution in [0.5, 0.6) is 0 Å². The van der Waals surface area contributed by atoms with E-state index in [0.717, 1.165) is 17.7 Å². The van der Waals surface area contributed by atoms with Gasteiger partial charge in [-0.15, -0.1) is 0 Å². The SMILES string of the molecule is CN(C)Cc1cc(CNc2ccc(F)cc2[N+](=O)[O-])ccc1F. The molecule has 0 fully saturated rings. The zero-order valence-corrected chi connectivity index (χ0v) is 12.8. The van der Waals surface area contributed by atoms with E-state index in [9.17, 15) is 18.9 Å². The summed E-state index contributed by atoms with van der Waals surface area (Å²) in [5.74, 6) is -0.965. The van der Waals surface area contributed by atoms with Gasteiger partial charge >= 0.3 is 0 Å². The average Bonchev–Trinajstić information content (AvgIpc) is 2.48. The number of hydrogen-bond donors (Lipinski definition) is 1. The van der Waals surface area contributed by atoms with E-state index < -0.39 is 10.7 Å². The molecule has 2 rings (SSSR count). The Morgan fingerprint density at radius 2 is 1.91 bits per heavy atom. The molecule has 0 aliphatic carbocycles. The lowest BCUT2D eigenvalue weighted by Gasteiger charge is -2.13. The molecular formula is C16H17F2N3O2. The van der Waals surface area contributed by atoms with Gasteiger partial charge in [0.05, 0.1) is 11.0 Å². The van der Waals surface area contributed by atoms with Crippen molar-refractivity contribution >= 4 is 11.4 Å². The third-order valence-corrected chi connectivity index (χ3v) is 3.24. The summed E-state index contributed by atoms with van der Waals surface area (Å²) in [6.07, 6.45) is 0. The number of halogens is 2. The standard InChI is InChI=1S/C16H17F2N3O2/c1-20(2)10-12-7-11(3-5-14(12)18)9-19-15-6-4-13(17)8-16(15)21(22)23/h3-8,19H,9-10H2,1-2H3. The molecular weight excluding hydrogens is 304 g/mol. The molecule has 1 N–H and O–H groups in total. The van der Waals surface area contributed by atoms with E-state index in [1.807, 2.05) is 19.0 Å². The Hall–Kier alpha value is -2.54. The summed E-state index contributed by atoms with van der Waals surface area (Å²) in [6.45, 7) is 0.726. The molecule has 7 heteroatoms. The van der Waals surface area contributed by atoms with E-state index >= 15 is 0 Å². The lowest BCUT2D eigenvalue weighted by Crippen LogP contribution is -2.12. The van der Waals surface area contributed by atoms with E-state index in [1.54, 1.807) is 12.1 Å². The van der Waals surface area contributed by atoms with E-state index in [0.29, 0.717) is 12.1 Å². The summed E-state index contributed by atoms with van der Waals surface area (Å²) in [5.41, 5.74) is 1.21. The molecule has 122 valence electrons. The molecule has 2 aromatic rings. The molecule has 5 nitrogen and oxygen atoms in total. The molecule has 2 aromatic carbocycles. The number of hydrogen-bond acceptors (Lipinski definition) is 4. The van der Waals surface area contributed by atoms with Crippen molar-refractivity contribution in [2.75, 3.05) is 19.4 Å². The topological polar surface area (TPSA) is 58.4 Å². The number of nitrogens with zero attached hydrogens (tertiary/aromatic N) is 2. The molecule has 0 aromatic heterocycles. The van der Waals surface area contributed by atoms with Gasteiger partial charge in [0.25, 0.3) is 5.69 Å². The van der Waals surface area contributed by atoms with Crippen molar-refractivity contribution in [3.05, 3.63) is 69.3 Å². The van der Waals surface area contributed by atoms with Gasteiger partial charge in [0.2, 0.25) is 0 Å². The first-order chi connectivity index (χ1) is 10.9. The minimum atomic E-state index is -0.669. The monoisotopic (exact) mass is 321 g/mol. The molecule has 23 heavy (non-hydrogen) atoms.